The lowest BCUT2D eigenvalue weighted by Gasteiger charge is -2.30. The number of aryl methyl sites for hydroxylation is 2. The summed E-state index contributed by atoms with van der Waals surface area (Å²) >= 11 is 0. The van der Waals surface area contributed by atoms with Crippen molar-refractivity contribution in [3.8, 4) is 0 Å². The number of piperidine rings is 1. The Kier molecular flexibility index (Phi) is 8.47. The summed E-state index contributed by atoms with van der Waals surface area (Å²) in [5.74, 6) is 4.41. The highest BCUT2D eigenvalue weighted by Gasteiger charge is 2.27. The van der Waals surface area contributed by atoms with E-state index in [1.807, 2.05) is 13.8 Å². The number of nitrogens with one attached hydrogen (secondary N) is 2. The molecule has 1 unspecified atom stereocenters. The van der Waals surface area contributed by atoms with E-state index in [0.717, 1.165) is 61.9 Å². The van der Waals surface area contributed by atoms with Crippen LogP contribution < -0.4 is 10.6 Å². The van der Waals surface area contributed by atoms with Crippen molar-refractivity contribution in [2.45, 2.75) is 78.3 Å². The van der Waals surface area contributed by atoms with Gasteiger partial charge in [0.25, 0.3) is 0 Å². The SMILES string of the molecule is CCNC(=NCC1CCN(Cc2nc(C)c(C)o2)CC1)NC1CCN(CC2CCCC2)C1. The lowest BCUT2D eigenvalue weighted by molar-refractivity contribution is 0.166. The molecule has 1 aliphatic carbocycles. The minimum atomic E-state index is 0.531. The van der Waals surface area contributed by atoms with Crippen molar-refractivity contribution in [2.75, 3.05) is 45.8 Å². The predicted molar refractivity (Wildman–Crippen MR) is 130 cm³/mol. The van der Waals surface area contributed by atoms with Crippen LogP contribution in [0.15, 0.2) is 9.41 Å². The second-order valence-electron chi connectivity index (χ2n) is 10.2. The number of aliphatic imine (C=N–C) groups is 1. The normalized spacial score (nSPS) is 24.5. The van der Waals surface area contributed by atoms with Gasteiger partial charge in [0.1, 0.15) is 5.76 Å². The van der Waals surface area contributed by atoms with Crippen LogP contribution in [-0.4, -0.2) is 72.6 Å². The summed E-state index contributed by atoms with van der Waals surface area (Å²) in [6, 6.07) is 0.531. The van der Waals surface area contributed by atoms with Crippen molar-refractivity contribution in [3.05, 3.63) is 17.3 Å². The minimum Gasteiger partial charge on any atom is -0.444 e. The molecule has 1 atom stereocenters. The molecule has 180 valence electrons. The van der Waals surface area contributed by atoms with E-state index in [2.05, 4.69) is 32.3 Å². The number of guanidine groups is 1. The van der Waals surface area contributed by atoms with Crippen LogP contribution in [0.3, 0.4) is 0 Å². The molecule has 1 saturated carbocycles. The van der Waals surface area contributed by atoms with E-state index in [-0.39, 0.29) is 0 Å². The van der Waals surface area contributed by atoms with Gasteiger partial charge in [0.15, 0.2) is 5.96 Å². The second kappa shape index (κ2) is 11.5. The quantitative estimate of drug-likeness (QED) is 0.474. The van der Waals surface area contributed by atoms with E-state index in [1.165, 1.54) is 64.6 Å². The van der Waals surface area contributed by atoms with Gasteiger partial charge in [-0.3, -0.25) is 9.89 Å². The van der Waals surface area contributed by atoms with Crippen LogP contribution in [0.25, 0.3) is 0 Å². The van der Waals surface area contributed by atoms with Gasteiger partial charge in [-0.25, -0.2) is 4.98 Å². The summed E-state index contributed by atoms with van der Waals surface area (Å²) in [5.41, 5.74) is 1.01. The zero-order valence-corrected chi connectivity index (χ0v) is 20.5. The zero-order chi connectivity index (χ0) is 22.3. The Morgan fingerprint density at radius 1 is 1.03 bits per heavy atom. The van der Waals surface area contributed by atoms with E-state index in [4.69, 9.17) is 9.41 Å². The third-order valence-corrected chi connectivity index (χ3v) is 7.60. The molecular formula is C25H44N6O. The van der Waals surface area contributed by atoms with Gasteiger partial charge in [0.2, 0.25) is 5.89 Å². The van der Waals surface area contributed by atoms with Gasteiger partial charge in [-0.05, 0) is 77.8 Å². The number of hydrogen-bond acceptors (Lipinski definition) is 5. The fraction of sp³-hybridized carbons (Fsp3) is 0.840. The van der Waals surface area contributed by atoms with Gasteiger partial charge in [-0.1, -0.05) is 12.8 Å². The van der Waals surface area contributed by atoms with E-state index in [9.17, 15) is 0 Å². The molecule has 2 saturated heterocycles. The molecule has 0 bridgehead atoms. The number of likely N-dealkylation sites (tertiary alicyclic amines) is 2. The molecule has 1 aromatic rings. The molecular weight excluding hydrogens is 400 g/mol. The predicted octanol–water partition coefficient (Wildman–Crippen LogP) is 3.32. The molecule has 3 aliphatic rings. The fourth-order valence-corrected chi connectivity index (χ4v) is 5.53. The van der Waals surface area contributed by atoms with Crippen LogP contribution in [0.4, 0.5) is 0 Å². The highest BCUT2D eigenvalue weighted by molar-refractivity contribution is 5.80. The average molecular weight is 445 g/mol. The summed E-state index contributed by atoms with van der Waals surface area (Å²) < 4.78 is 5.76. The Hall–Kier alpha value is -1.60. The van der Waals surface area contributed by atoms with Crippen molar-refractivity contribution >= 4 is 5.96 Å². The first kappa shape index (κ1) is 23.6. The van der Waals surface area contributed by atoms with Crippen molar-refractivity contribution in [1.29, 1.82) is 0 Å². The van der Waals surface area contributed by atoms with E-state index < -0.39 is 0 Å². The van der Waals surface area contributed by atoms with Crippen molar-refractivity contribution < 1.29 is 4.42 Å². The second-order valence-corrected chi connectivity index (χ2v) is 10.2. The lowest BCUT2D eigenvalue weighted by Crippen LogP contribution is -2.45. The molecule has 0 amide bonds. The number of nitrogens with zero attached hydrogens (tertiary/aromatic N) is 4. The first-order valence-corrected chi connectivity index (χ1v) is 13.0. The van der Waals surface area contributed by atoms with Crippen LogP contribution in [0.5, 0.6) is 0 Å². The Bertz CT molecular complexity index is 713. The third kappa shape index (κ3) is 6.70. The first-order valence-electron chi connectivity index (χ1n) is 13.0. The van der Waals surface area contributed by atoms with Crippen molar-refractivity contribution in [2.24, 2.45) is 16.8 Å². The molecule has 4 rings (SSSR count). The summed E-state index contributed by atoms with van der Waals surface area (Å²) in [6.07, 6.45) is 9.38. The van der Waals surface area contributed by atoms with Gasteiger partial charge >= 0.3 is 0 Å². The fourth-order valence-electron chi connectivity index (χ4n) is 5.53. The molecule has 7 nitrogen and oxygen atoms in total. The molecule has 3 heterocycles. The number of hydrogen-bond donors (Lipinski definition) is 2. The smallest absolute Gasteiger partial charge is 0.208 e. The van der Waals surface area contributed by atoms with E-state index in [1.54, 1.807) is 0 Å². The Morgan fingerprint density at radius 3 is 2.47 bits per heavy atom. The van der Waals surface area contributed by atoms with Crippen LogP contribution in [0.2, 0.25) is 0 Å². The summed E-state index contributed by atoms with van der Waals surface area (Å²) in [5, 5.41) is 7.20. The number of aromatic nitrogens is 1. The molecule has 0 aromatic carbocycles. The summed E-state index contributed by atoms with van der Waals surface area (Å²) in [4.78, 5) is 14.6. The highest BCUT2D eigenvalue weighted by Crippen LogP contribution is 2.26. The van der Waals surface area contributed by atoms with Crippen molar-refractivity contribution in [1.82, 2.24) is 25.4 Å². The van der Waals surface area contributed by atoms with Crippen molar-refractivity contribution in [3.63, 3.8) is 0 Å². The molecule has 2 N–H and O–H groups in total. The number of rotatable bonds is 8. The molecule has 1 aromatic heterocycles. The molecule has 2 aliphatic heterocycles. The highest BCUT2D eigenvalue weighted by atomic mass is 16.4. The Morgan fingerprint density at radius 2 is 1.78 bits per heavy atom. The number of oxazole rings is 1. The first-order chi connectivity index (χ1) is 15.6. The standard InChI is InChI=1S/C25H44N6O/c1-4-26-25(29-23-11-14-31(17-23)16-22-7-5-6-8-22)27-15-21-9-12-30(13-10-21)18-24-28-19(2)20(3)32-24/h21-23H,4-18H2,1-3H3,(H2,26,27,29). The lowest BCUT2D eigenvalue weighted by atomic mass is 9.97. The maximum Gasteiger partial charge on any atom is 0.208 e. The van der Waals surface area contributed by atoms with Crippen LogP contribution in [0, 0.1) is 25.7 Å². The zero-order valence-electron chi connectivity index (χ0n) is 20.5. The molecule has 32 heavy (non-hydrogen) atoms. The van der Waals surface area contributed by atoms with Gasteiger partial charge < -0.3 is 20.0 Å². The Balaban J connectivity index is 1.19. The maximum absolute atomic E-state index is 5.76. The molecule has 3 fully saturated rings. The minimum absolute atomic E-state index is 0.531. The van der Waals surface area contributed by atoms with E-state index >= 15 is 0 Å². The average Bonchev–Trinajstić information content (AvgIpc) is 3.51. The maximum atomic E-state index is 5.76. The molecule has 0 radical (unpaired) electrons. The largest absolute Gasteiger partial charge is 0.444 e. The summed E-state index contributed by atoms with van der Waals surface area (Å²) in [6.45, 7) is 14.7. The van der Waals surface area contributed by atoms with Gasteiger partial charge in [-0.2, -0.15) is 0 Å². The van der Waals surface area contributed by atoms with E-state index in [0.29, 0.717) is 12.0 Å². The Labute approximate surface area is 194 Å². The van der Waals surface area contributed by atoms with Gasteiger partial charge in [0, 0.05) is 38.8 Å². The van der Waals surface area contributed by atoms with Crippen LogP contribution in [0.1, 0.15) is 69.2 Å². The van der Waals surface area contributed by atoms with Crippen LogP contribution in [-0.2, 0) is 6.54 Å². The summed E-state index contributed by atoms with van der Waals surface area (Å²) in [7, 11) is 0. The third-order valence-electron chi connectivity index (χ3n) is 7.60. The molecule has 7 heteroatoms. The topological polar surface area (TPSA) is 68.9 Å². The van der Waals surface area contributed by atoms with Gasteiger partial charge in [0.05, 0.1) is 12.2 Å². The molecule has 0 spiro atoms. The van der Waals surface area contributed by atoms with Crippen LogP contribution >= 0.6 is 0 Å². The van der Waals surface area contributed by atoms with Gasteiger partial charge in [-0.15, -0.1) is 0 Å². The monoisotopic (exact) mass is 444 g/mol.